The molecule has 4 fully saturated rings. The van der Waals surface area contributed by atoms with Gasteiger partial charge in [0.15, 0.2) is 17.6 Å². The topological polar surface area (TPSA) is 55.4 Å². The number of rotatable bonds is 6. The number of methoxy groups -OCH3 is 1. The zero-order chi connectivity index (χ0) is 20.4. The van der Waals surface area contributed by atoms with Gasteiger partial charge in [0.1, 0.15) is 6.61 Å². The van der Waals surface area contributed by atoms with Crippen LogP contribution in [0.3, 0.4) is 0 Å². The predicted octanol–water partition coefficient (Wildman–Crippen LogP) is 5.02. The number of benzene rings is 2. The molecule has 1 spiro atoms. The maximum absolute atomic E-state index is 6.45. The summed E-state index contributed by atoms with van der Waals surface area (Å²) in [6.45, 7) is 0.340. The molecule has 30 heavy (non-hydrogen) atoms. The van der Waals surface area contributed by atoms with Crippen molar-refractivity contribution in [3.8, 4) is 5.75 Å². The highest BCUT2D eigenvalue weighted by Crippen LogP contribution is 2.55. The normalized spacial score (nSPS) is 33.0. The van der Waals surface area contributed by atoms with E-state index in [1.165, 1.54) is 6.42 Å². The molecule has 2 aromatic carbocycles. The van der Waals surface area contributed by atoms with Crippen molar-refractivity contribution in [2.24, 2.45) is 5.92 Å². The van der Waals surface area contributed by atoms with Crippen molar-refractivity contribution in [2.75, 3.05) is 7.11 Å². The lowest BCUT2D eigenvalue weighted by Gasteiger charge is -2.49. The maximum Gasteiger partial charge on any atom is 0.230 e. The predicted molar refractivity (Wildman–Crippen MR) is 108 cm³/mol. The van der Waals surface area contributed by atoms with Crippen molar-refractivity contribution in [3.05, 3.63) is 65.7 Å². The fraction of sp³-hybridized carbons (Fsp3) is 0.500. The molecule has 0 aromatic heterocycles. The first-order valence-corrected chi connectivity index (χ1v) is 10.8. The Morgan fingerprint density at radius 1 is 0.933 bits per heavy atom. The number of ether oxygens (including phenoxy) is 2. The molecule has 3 aliphatic heterocycles. The van der Waals surface area contributed by atoms with Gasteiger partial charge in [-0.15, -0.1) is 0 Å². The van der Waals surface area contributed by atoms with Crippen LogP contribution in [0.2, 0.25) is 0 Å². The molecule has 4 aliphatic rings. The van der Waals surface area contributed by atoms with Gasteiger partial charge in [-0.05, 0) is 42.9 Å². The van der Waals surface area contributed by atoms with E-state index in [1.54, 1.807) is 7.11 Å². The monoisotopic (exact) mass is 412 g/mol. The Hall–Kier alpha value is -1.96. The molecule has 1 aliphatic carbocycles. The molecule has 4 atom stereocenters. The van der Waals surface area contributed by atoms with Crippen LogP contribution in [0.25, 0.3) is 0 Å². The van der Waals surface area contributed by atoms with Crippen LogP contribution in [0, 0.1) is 5.92 Å². The van der Waals surface area contributed by atoms with Gasteiger partial charge in [0.25, 0.3) is 0 Å². The highest BCUT2D eigenvalue weighted by Gasteiger charge is 2.61. The summed E-state index contributed by atoms with van der Waals surface area (Å²) >= 11 is 0. The molecule has 0 amide bonds. The maximum atomic E-state index is 6.45. The first kappa shape index (κ1) is 20.0. The highest BCUT2D eigenvalue weighted by atomic mass is 17.3. The molecule has 2 unspecified atom stereocenters. The zero-order valence-electron chi connectivity index (χ0n) is 17.3. The Kier molecular flexibility index (Phi) is 5.52. The van der Waals surface area contributed by atoms with E-state index in [9.17, 15) is 0 Å². The van der Waals surface area contributed by atoms with Gasteiger partial charge in [0.2, 0.25) is 5.79 Å². The summed E-state index contributed by atoms with van der Waals surface area (Å²) in [5.41, 5.74) is 1.42. The molecular weight excluding hydrogens is 384 g/mol. The molecule has 6 rings (SSSR count). The van der Waals surface area contributed by atoms with E-state index >= 15 is 0 Å². The first-order valence-electron chi connectivity index (χ1n) is 10.8. The summed E-state index contributed by atoms with van der Waals surface area (Å²) in [6, 6.07) is 17.4. The Bertz CT molecular complexity index is 837. The van der Waals surface area contributed by atoms with Crippen LogP contribution in [-0.2, 0) is 36.5 Å². The van der Waals surface area contributed by atoms with Crippen molar-refractivity contribution in [1.29, 1.82) is 0 Å². The average Bonchev–Trinajstić information content (AvgIpc) is 3.06. The highest BCUT2D eigenvalue weighted by molar-refractivity contribution is 5.27. The molecule has 2 aromatic rings. The molecule has 0 radical (unpaired) electrons. The van der Waals surface area contributed by atoms with Crippen LogP contribution in [-0.4, -0.2) is 19.0 Å². The summed E-state index contributed by atoms with van der Waals surface area (Å²) in [5, 5.41) is 0. The third kappa shape index (κ3) is 3.53. The Labute approximate surface area is 176 Å². The molecule has 160 valence electrons. The number of fused-ring (bicyclic) bond motifs is 3. The van der Waals surface area contributed by atoms with Crippen molar-refractivity contribution in [2.45, 2.75) is 62.8 Å². The van der Waals surface area contributed by atoms with Crippen molar-refractivity contribution < 1.29 is 29.0 Å². The second kappa shape index (κ2) is 8.29. The number of para-hydroxylation sites is 1. The minimum Gasteiger partial charge on any atom is -0.353 e. The van der Waals surface area contributed by atoms with E-state index in [-0.39, 0.29) is 0 Å². The Morgan fingerprint density at radius 3 is 2.57 bits per heavy atom. The van der Waals surface area contributed by atoms with E-state index in [0.717, 1.165) is 43.2 Å². The smallest absolute Gasteiger partial charge is 0.230 e. The van der Waals surface area contributed by atoms with Gasteiger partial charge in [-0.3, -0.25) is 0 Å². The van der Waals surface area contributed by atoms with Gasteiger partial charge in [0.05, 0.1) is 0 Å². The Morgan fingerprint density at radius 2 is 1.77 bits per heavy atom. The van der Waals surface area contributed by atoms with Gasteiger partial charge in [-0.2, -0.15) is 9.78 Å². The molecule has 6 heteroatoms. The van der Waals surface area contributed by atoms with E-state index < -0.39 is 17.7 Å². The van der Waals surface area contributed by atoms with Crippen molar-refractivity contribution in [1.82, 2.24) is 0 Å². The summed E-state index contributed by atoms with van der Waals surface area (Å²) in [7, 11) is 1.69. The second-order valence-corrected chi connectivity index (χ2v) is 8.40. The van der Waals surface area contributed by atoms with E-state index in [0.29, 0.717) is 18.3 Å². The van der Waals surface area contributed by atoms with E-state index in [2.05, 4.69) is 0 Å². The minimum absolute atomic E-state index is 0.340. The van der Waals surface area contributed by atoms with Gasteiger partial charge >= 0.3 is 0 Å². The number of hydrogen-bond acceptors (Lipinski definition) is 6. The lowest BCUT2D eigenvalue weighted by Crippen LogP contribution is -2.59. The minimum atomic E-state index is -0.941. The first-order chi connectivity index (χ1) is 14.7. The van der Waals surface area contributed by atoms with Crippen LogP contribution >= 0.6 is 0 Å². The largest absolute Gasteiger partial charge is 0.353 e. The number of hydrogen-bond donors (Lipinski definition) is 0. The molecule has 6 nitrogen and oxygen atoms in total. The summed E-state index contributed by atoms with van der Waals surface area (Å²) in [5.74, 6) is 0.125. The lowest BCUT2D eigenvalue weighted by molar-refractivity contribution is -0.558. The van der Waals surface area contributed by atoms with Crippen LogP contribution in [0.15, 0.2) is 54.6 Å². The molecule has 2 bridgehead atoms. The SMILES string of the molecule is CO[C@H]1OC2(c3ccc(COOc4ccccc4)cc3)CC[C@H]3CCCCC31OO2. The molecule has 0 N–H and O–H groups in total. The fourth-order valence-corrected chi connectivity index (χ4v) is 5.00. The molecule has 3 heterocycles. The molecular formula is C24H28O6. The van der Waals surface area contributed by atoms with E-state index in [1.807, 2.05) is 54.6 Å². The quantitative estimate of drug-likeness (QED) is 0.490. The van der Waals surface area contributed by atoms with Crippen LogP contribution in [0.4, 0.5) is 0 Å². The van der Waals surface area contributed by atoms with Gasteiger partial charge in [-0.25, -0.2) is 4.89 Å². The average molecular weight is 412 g/mol. The van der Waals surface area contributed by atoms with E-state index in [4.69, 9.17) is 29.0 Å². The van der Waals surface area contributed by atoms with Crippen molar-refractivity contribution in [3.63, 3.8) is 0 Å². The third-order valence-corrected chi connectivity index (χ3v) is 6.64. The molecule has 1 saturated carbocycles. The van der Waals surface area contributed by atoms with Crippen LogP contribution < -0.4 is 4.89 Å². The van der Waals surface area contributed by atoms with Crippen molar-refractivity contribution >= 4 is 0 Å². The van der Waals surface area contributed by atoms with Gasteiger partial charge < -0.3 is 14.4 Å². The fourth-order valence-electron chi connectivity index (χ4n) is 5.00. The third-order valence-electron chi connectivity index (χ3n) is 6.64. The van der Waals surface area contributed by atoms with Gasteiger partial charge in [-0.1, -0.05) is 55.3 Å². The van der Waals surface area contributed by atoms with Crippen LogP contribution in [0.1, 0.15) is 49.7 Å². The summed E-state index contributed by atoms with van der Waals surface area (Å²) < 4.78 is 12.2. The van der Waals surface area contributed by atoms with Gasteiger partial charge in [0, 0.05) is 19.1 Å². The van der Waals surface area contributed by atoms with Crippen LogP contribution in [0.5, 0.6) is 5.75 Å². The summed E-state index contributed by atoms with van der Waals surface area (Å²) in [6.07, 6.45) is 5.67. The second-order valence-electron chi connectivity index (χ2n) is 8.40. The summed E-state index contributed by atoms with van der Waals surface area (Å²) in [4.78, 5) is 22.8. The lowest BCUT2D eigenvalue weighted by atomic mass is 9.73. The Balaban J connectivity index is 1.29. The standard InChI is InChI=1S/C24H28O6/c1-25-22-23-15-6-5-7-19(23)14-16-24(27-22,30-29-23)20-12-10-18(11-13-20)17-26-28-21-8-3-2-4-9-21/h2-4,8-13,19,22H,5-7,14-17H2,1H3/t19-,22+,23?,24?/m1/s1. The zero-order valence-corrected chi connectivity index (χ0v) is 17.3. The molecule has 3 saturated heterocycles.